The van der Waals surface area contributed by atoms with Gasteiger partial charge in [0.1, 0.15) is 0 Å². The van der Waals surface area contributed by atoms with Crippen LogP contribution in [0.2, 0.25) is 0 Å². The smallest absolute Gasteiger partial charge is 0.170 e. The van der Waals surface area contributed by atoms with Crippen molar-refractivity contribution in [1.82, 2.24) is 19.8 Å². The number of rotatable bonds is 4. The molecule has 2 aromatic rings. The first kappa shape index (κ1) is 17.5. The van der Waals surface area contributed by atoms with E-state index < -0.39 is 0 Å². The van der Waals surface area contributed by atoms with Crippen molar-refractivity contribution in [3.05, 3.63) is 54.1 Å². The molecule has 0 radical (unpaired) electrons. The summed E-state index contributed by atoms with van der Waals surface area (Å²) >= 11 is 5.68. The van der Waals surface area contributed by atoms with E-state index >= 15 is 0 Å². The summed E-state index contributed by atoms with van der Waals surface area (Å²) in [7, 11) is 0. The molecular formula is C21H28N4S. The molecule has 0 spiro atoms. The SMILES string of the molecule is CC(C)N1C(=S)N[C@@H](c2ccccn2)[C@H]1c1ccn(C2CCCCC2)c1. The zero-order valence-electron chi connectivity index (χ0n) is 15.6. The lowest BCUT2D eigenvalue weighted by atomic mass is 9.95. The highest BCUT2D eigenvalue weighted by Gasteiger charge is 2.41. The van der Waals surface area contributed by atoms with Crippen molar-refractivity contribution in [2.45, 2.75) is 70.1 Å². The maximum atomic E-state index is 5.68. The fourth-order valence-corrected chi connectivity index (χ4v) is 4.94. The van der Waals surface area contributed by atoms with Crippen molar-refractivity contribution in [2.75, 3.05) is 0 Å². The van der Waals surface area contributed by atoms with E-state index in [0.29, 0.717) is 12.1 Å². The first-order valence-corrected chi connectivity index (χ1v) is 10.2. The third kappa shape index (κ3) is 3.25. The number of pyridine rings is 1. The van der Waals surface area contributed by atoms with E-state index in [1.54, 1.807) is 0 Å². The lowest BCUT2D eigenvalue weighted by Crippen LogP contribution is -2.35. The molecule has 1 aliphatic heterocycles. The minimum Gasteiger partial charge on any atom is -0.352 e. The molecule has 4 nitrogen and oxygen atoms in total. The Bertz CT molecular complexity index is 748. The van der Waals surface area contributed by atoms with E-state index in [4.69, 9.17) is 12.2 Å². The fraction of sp³-hybridized carbons (Fsp3) is 0.524. The number of hydrogen-bond acceptors (Lipinski definition) is 2. The quantitative estimate of drug-likeness (QED) is 0.788. The molecule has 2 fully saturated rings. The summed E-state index contributed by atoms with van der Waals surface area (Å²) in [5.41, 5.74) is 2.38. The van der Waals surface area contributed by atoms with Crippen LogP contribution in [0, 0.1) is 0 Å². The molecule has 1 saturated heterocycles. The number of hydrogen-bond donors (Lipinski definition) is 1. The minimum atomic E-state index is 0.0910. The lowest BCUT2D eigenvalue weighted by Gasteiger charge is -2.30. The van der Waals surface area contributed by atoms with Gasteiger partial charge in [-0.3, -0.25) is 4.98 Å². The molecule has 1 N–H and O–H groups in total. The van der Waals surface area contributed by atoms with E-state index in [1.807, 2.05) is 12.3 Å². The van der Waals surface area contributed by atoms with Crippen LogP contribution in [0.5, 0.6) is 0 Å². The van der Waals surface area contributed by atoms with Crippen LogP contribution in [0.1, 0.15) is 75.3 Å². The Morgan fingerprint density at radius 3 is 2.65 bits per heavy atom. The second-order valence-corrected chi connectivity index (χ2v) is 8.20. The minimum absolute atomic E-state index is 0.0910. The third-order valence-electron chi connectivity index (χ3n) is 5.77. The van der Waals surface area contributed by atoms with Gasteiger partial charge >= 0.3 is 0 Å². The highest BCUT2D eigenvalue weighted by molar-refractivity contribution is 7.80. The van der Waals surface area contributed by atoms with Gasteiger partial charge in [0.25, 0.3) is 0 Å². The summed E-state index contributed by atoms with van der Waals surface area (Å²) in [6.07, 6.45) is 13.2. The van der Waals surface area contributed by atoms with Crippen LogP contribution in [0.4, 0.5) is 0 Å². The van der Waals surface area contributed by atoms with Crippen molar-refractivity contribution in [3.63, 3.8) is 0 Å². The predicted molar refractivity (Wildman–Crippen MR) is 109 cm³/mol. The van der Waals surface area contributed by atoms with Crippen LogP contribution < -0.4 is 5.32 Å². The van der Waals surface area contributed by atoms with Crippen molar-refractivity contribution in [2.24, 2.45) is 0 Å². The Balaban J connectivity index is 1.68. The van der Waals surface area contributed by atoms with Gasteiger partial charge in [0.15, 0.2) is 5.11 Å². The summed E-state index contributed by atoms with van der Waals surface area (Å²) < 4.78 is 2.43. The molecule has 5 heteroatoms. The first-order valence-electron chi connectivity index (χ1n) is 9.82. The highest BCUT2D eigenvalue weighted by atomic mass is 32.1. The van der Waals surface area contributed by atoms with Crippen LogP contribution in [-0.2, 0) is 0 Å². The van der Waals surface area contributed by atoms with Crippen LogP contribution >= 0.6 is 12.2 Å². The Labute approximate surface area is 161 Å². The van der Waals surface area contributed by atoms with Crippen molar-refractivity contribution < 1.29 is 0 Å². The Hall–Kier alpha value is -1.88. The molecular weight excluding hydrogens is 340 g/mol. The standard InChI is InChI=1S/C21H28N4S/c1-15(2)25-20(19(23-21(25)26)18-10-6-7-12-22-18)16-11-13-24(14-16)17-8-4-3-5-9-17/h6-7,10-15,17,19-20H,3-5,8-9H2,1-2H3,(H,23,26)/t19-,20+/m0/s1. The maximum Gasteiger partial charge on any atom is 0.170 e. The normalized spacial score (nSPS) is 24.3. The number of aromatic nitrogens is 2. The van der Waals surface area contributed by atoms with Gasteiger partial charge in [-0.1, -0.05) is 25.3 Å². The van der Waals surface area contributed by atoms with Gasteiger partial charge in [0.05, 0.1) is 17.8 Å². The maximum absolute atomic E-state index is 5.68. The third-order valence-corrected chi connectivity index (χ3v) is 6.10. The zero-order chi connectivity index (χ0) is 18.1. The van der Waals surface area contributed by atoms with Gasteiger partial charge < -0.3 is 14.8 Å². The van der Waals surface area contributed by atoms with Gasteiger partial charge in [-0.15, -0.1) is 0 Å². The Morgan fingerprint density at radius 1 is 1.15 bits per heavy atom. The average Bonchev–Trinajstić information content (AvgIpc) is 3.27. The molecule has 0 amide bonds. The monoisotopic (exact) mass is 368 g/mol. The molecule has 2 aromatic heterocycles. The zero-order valence-corrected chi connectivity index (χ0v) is 16.5. The van der Waals surface area contributed by atoms with Crippen LogP contribution in [0.15, 0.2) is 42.9 Å². The summed E-state index contributed by atoms with van der Waals surface area (Å²) in [6, 6.07) is 9.65. The second-order valence-electron chi connectivity index (χ2n) is 7.81. The van der Waals surface area contributed by atoms with Crippen molar-refractivity contribution >= 4 is 17.3 Å². The molecule has 1 aliphatic carbocycles. The molecule has 2 aliphatic rings. The molecule has 3 heterocycles. The molecule has 0 bridgehead atoms. The second kappa shape index (κ2) is 7.39. The van der Waals surface area contributed by atoms with Gasteiger partial charge in [-0.05, 0) is 62.7 Å². The number of nitrogens with one attached hydrogen (secondary N) is 1. The summed E-state index contributed by atoms with van der Waals surface area (Å²) in [4.78, 5) is 6.93. The van der Waals surface area contributed by atoms with Crippen molar-refractivity contribution in [3.8, 4) is 0 Å². The highest BCUT2D eigenvalue weighted by Crippen LogP contribution is 2.40. The molecule has 138 valence electrons. The summed E-state index contributed by atoms with van der Waals surface area (Å²) in [5.74, 6) is 0. The number of thiocarbonyl (C=S) groups is 1. The van der Waals surface area contributed by atoms with Gasteiger partial charge in [0, 0.05) is 30.7 Å². The molecule has 0 unspecified atom stereocenters. The molecule has 4 rings (SSSR count). The molecule has 2 atom stereocenters. The number of nitrogens with zero attached hydrogens (tertiary/aromatic N) is 3. The fourth-order valence-electron chi connectivity index (χ4n) is 4.49. The van der Waals surface area contributed by atoms with Crippen molar-refractivity contribution in [1.29, 1.82) is 0 Å². The van der Waals surface area contributed by atoms with E-state index in [2.05, 4.69) is 64.2 Å². The summed E-state index contributed by atoms with van der Waals surface area (Å²) in [5, 5.41) is 4.35. The molecule has 1 saturated carbocycles. The Morgan fingerprint density at radius 2 is 1.96 bits per heavy atom. The van der Waals surface area contributed by atoms with Crippen LogP contribution in [0.3, 0.4) is 0 Å². The van der Waals surface area contributed by atoms with Gasteiger partial charge in [-0.25, -0.2) is 0 Å². The molecule has 0 aromatic carbocycles. The van der Waals surface area contributed by atoms with Crippen LogP contribution in [0.25, 0.3) is 0 Å². The van der Waals surface area contributed by atoms with Gasteiger partial charge in [-0.2, -0.15) is 0 Å². The largest absolute Gasteiger partial charge is 0.352 e. The predicted octanol–water partition coefficient (Wildman–Crippen LogP) is 4.77. The topological polar surface area (TPSA) is 33.1 Å². The summed E-state index contributed by atoms with van der Waals surface area (Å²) in [6.45, 7) is 4.42. The molecule has 26 heavy (non-hydrogen) atoms. The van der Waals surface area contributed by atoms with E-state index in [9.17, 15) is 0 Å². The Kier molecular flexibility index (Phi) is 4.98. The lowest BCUT2D eigenvalue weighted by molar-refractivity contribution is 0.269. The van der Waals surface area contributed by atoms with E-state index in [1.165, 1.54) is 37.7 Å². The van der Waals surface area contributed by atoms with E-state index in [0.717, 1.165) is 10.8 Å². The van der Waals surface area contributed by atoms with Crippen LogP contribution in [-0.4, -0.2) is 25.6 Å². The average molecular weight is 369 g/mol. The van der Waals surface area contributed by atoms with E-state index in [-0.39, 0.29) is 12.1 Å². The first-order chi connectivity index (χ1) is 12.6. The van der Waals surface area contributed by atoms with Gasteiger partial charge in [0.2, 0.25) is 0 Å².